The normalized spacial score (nSPS) is 10.5. The molecular formula is C15H17FN2O. The summed E-state index contributed by atoms with van der Waals surface area (Å²) in [7, 11) is 0. The summed E-state index contributed by atoms with van der Waals surface area (Å²) in [6.07, 6.45) is 0.0587. The molecule has 0 bridgehead atoms. The molecule has 100 valence electrons. The monoisotopic (exact) mass is 260 g/mol. The molecule has 0 aliphatic rings. The first-order chi connectivity index (χ1) is 9.06. The summed E-state index contributed by atoms with van der Waals surface area (Å²) in [5.74, 6) is 0.373. The Balaban J connectivity index is 2.23. The molecule has 0 unspecified atom stereocenters. The second-order valence-electron chi connectivity index (χ2n) is 4.52. The molecule has 19 heavy (non-hydrogen) atoms. The van der Waals surface area contributed by atoms with Crippen LogP contribution in [0.3, 0.4) is 0 Å². The quantitative estimate of drug-likeness (QED) is 0.818. The first-order valence-electron chi connectivity index (χ1n) is 6.14. The SMILES string of the molecule is CC(C)Oc1cccc(Nc2ccc(F)cc2)c1N. The summed E-state index contributed by atoms with van der Waals surface area (Å²) in [6.45, 7) is 3.89. The van der Waals surface area contributed by atoms with Gasteiger partial charge in [0, 0.05) is 5.69 Å². The lowest BCUT2D eigenvalue weighted by Crippen LogP contribution is -2.08. The van der Waals surface area contributed by atoms with Crippen molar-refractivity contribution < 1.29 is 9.13 Å². The summed E-state index contributed by atoms with van der Waals surface area (Å²) in [4.78, 5) is 0. The van der Waals surface area contributed by atoms with E-state index in [9.17, 15) is 4.39 Å². The summed E-state index contributed by atoms with van der Waals surface area (Å²) in [5.41, 5.74) is 8.10. The van der Waals surface area contributed by atoms with E-state index in [1.807, 2.05) is 32.0 Å². The van der Waals surface area contributed by atoms with E-state index in [2.05, 4.69) is 5.32 Å². The fourth-order valence-electron chi connectivity index (χ4n) is 1.70. The van der Waals surface area contributed by atoms with E-state index in [0.717, 1.165) is 11.4 Å². The van der Waals surface area contributed by atoms with Gasteiger partial charge < -0.3 is 15.8 Å². The first kappa shape index (κ1) is 13.2. The van der Waals surface area contributed by atoms with Gasteiger partial charge in [0.15, 0.2) is 0 Å². The van der Waals surface area contributed by atoms with Crippen molar-refractivity contribution in [2.75, 3.05) is 11.1 Å². The maximum atomic E-state index is 12.8. The van der Waals surface area contributed by atoms with Crippen molar-refractivity contribution in [3.8, 4) is 5.75 Å². The van der Waals surface area contributed by atoms with Crippen LogP contribution in [0.4, 0.5) is 21.5 Å². The van der Waals surface area contributed by atoms with E-state index in [4.69, 9.17) is 10.5 Å². The fourth-order valence-corrected chi connectivity index (χ4v) is 1.70. The Bertz CT molecular complexity index is 553. The minimum Gasteiger partial charge on any atom is -0.489 e. The van der Waals surface area contributed by atoms with Crippen LogP contribution in [0.5, 0.6) is 5.75 Å². The molecule has 0 radical (unpaired) electrons. The van der Waals surface area contributed by atoms with E-state index in [1.165, 1.54) is 12.1 Å². The highest BCUT2D eigenvalue weighted by molar-refractivity contribution is 5.77. The minimum atomic E-state index is -0.268. The maximum Gasteiger partial charge on any atom is 0.144 e. The van der Waals surface area contributed by atoms with Gasteiger partial charge in [0.1, 0.15) is 11.6 Å². The molecule has 2 aromatic carbocycles. The zero-order chi connectivity index (χ0) is 13.8. The molecule has 3 nitrogen and oxygen atoms in total. The Hall–Kier alpha value is -2.23. The van der Waals surface area contributed by atoms with Gasteiger partial charge in [0.2, 0.25) is 0 Å². The summed E-state index contributed by atoms with van der Waals surface area (Å²) >= 11 is 0. The number of rotatable bonds is 4. The smallest absolute Gasteiger partial charge is 0.144 e. The van der Waals surface area contributed by atoms with Crippen LogP contribution in [-0.4, -0.2) is 6.10 Å². The van der Waals surface area contributed by atoms with Gasteiger partial charge >= 0.3 is 0 Å². The summed E-state index contributed by atoms with van der Waals surface area (Å²) < 4.78 is 18.5. The third kappa shape index (κ3) is 3.37. The lowest BCUT2D eigenvalue weighted by Gasteiger charge is -2.15. The lowest BCUT2D eigenvalue weighted by atomic mass is 10.2. The first-order valence-corrected chi connectivity index (χ1v) is 6.14. The van der Waals surface area contributed by atoms with Crippen LogP contribution in [0, 0.1) is 5.82 Å². The number of benzene rings is 2. The van der Waals surface area contributed by atoms with Crippen molar-refractivity contribution in [3.63, 3.8) is 0 Å². The molecule has 2 rings (SSSR count). The summed E-state index contributed by atoms with van der Waals surface area (Å²) in [5, 5.41) is 3.14. The Morgan fingerprint density at radius 2 is 1.79 bits per heavy atom. The van der Waals surface area contributed by atoms with Gasteiger partial charge in [0.05, 0.1) is 17.5 Å². The van der Waals surface area contributed by atoms with Crippen LogP contribution in [0.1, 0.15) is 13.8 Å². The van der Waals surface area contributed by atoms with Gasteiger partial charge in [-0.05, 0) is 50.2 Å². The van der Waals surface area contributed by atoms with Gasteiger partial charge in [-0.2, -0.15) is 0 Å². The molecule has 0 atom stereocenters. The number of para-hydroxylation sites is 1. The van der Waals surface area contributed by atoms with E-state index in [1.54, 1.807) is 12.1 Å². The van der Waals surface area contributed by atoms with Gasteiger partial charge in [0.25, 0.3) is 0 Å². The van der Waals surface area contributed by atoms with Crippen LogP contribution in [0.25, 0.3) is 0 Å². The minimum absolute atomic E-state index is 0.0587. The van der Waals surface area contributed by atoms with Gasteiger partial charge in [-0.3, -0.25) is 0 Å². The molecule has 0 aliphatic heterocycles. The number of ether oxygens (including phenoxy) is 1. The molecule has 0 fully saturated rings. The summed E-state index contributed by atoms with van der Waals surface area (Å²) in [6, 6.07) is 11.6. The molecule has 0 spiro atoms. The average molecular weight is 260 g/mol. The topological polar surface area (TPSA) is 47.3 Å². The third-order valence-electron chi connectivity index (χ3n) is 2.55. The molecule has 4 heteroatoms. The highest BCUT2D eigenvalue weighted by Crippen LogP contribution is 2.32. The van der Waals surface area contributed by atoms with E-state index in [0.29, 0.717) is 11.4 Å². The van der Waals surface area contributed by atoms with Crippen molar-refractivity contribution >= 4 is 17.1 Å². The molecular weight excluding hydrogens is 243 g/mol. The number of hydrogen-bond acceptors (Lipinski definition) is 3. The molecule has 0 aromatic heterocycles. The highest BCUT2D eigenvalue weighted by atomic mass is 19.1. The number of halogens is 1. The molecule has 0 heterocycles. The molecule has 2 aromatic rings. The second-order valence-corrected chi connectivity index (χ2v) is 4.52. The lowest BCUT2D eigenvalue weighted by molar-refractivity contribution is 0.244. The van der Waals surface area contributed by atoms with Crippen molar-refractivity contribution in [2.24, 2.45) is 0 Å². The maximum absolute atomic E-state index is 12.8. The van der Waals surface area contributed by atoms with Crippen molar-refractivity contribution in [3.05, 3.63) is 48.3 Å². The number of nitrogens with two attached hydrogens (primary N) is 1. The van der Waals surface area contributed by atoms with Gasteiger partial charge in [-0.15, -0.1) is 0 Å². The predicted octanol–water partition coefficient (Wildman–Crippen LogP) is 3.94. The third-order valence-corrected chi connectivity index (χ3v) is 2.55. The van der Waals surface area contributed by atoms with Crippen LogP contribution < -0.4 is 15.8 Å². The number of nitrogens with one attached hydrogen (secondary N) is 1. The molecule has 0 saturated carbocycles. The number of hydrogen-bond donors (Lipinski definition) is 2. The zero-order valence-electron chi connectivity index (χ0n) is 11.0. The number of nitrogen functional groups attached to an aromatic ring is 1. The van der Waals surface area contributed by atoms with Crippen LogP contribution in [-0.2, 0) is 0 Å². The average Bonchev–Trinajstić information content (AvgIpc) is 2.36. The second kappa shape index (κ2) is 5.61. The zero-order valence-corrected chi connectivity index (χ0v) is 11.0. The molecule has 0 aliphatic carbocycles. The molecule has 0 amide bonds. The predicted molar refractivity (Wildman–Crippen MR) is 76.3 cm³/mol. The Kier molecular flexibility index (Phi) is 3.90. The largest absolute Gasteiger partial charge is 0.489 e. The van der Waals surface area contributed by atoms with E-state index in [-0.39, 0.29) is 11.9 Å². The van der Waals surface area contributed by atoms with Crippen LogP contribution in [0.15, 0.2) is 42.5 Å². The highest BCUT2D eigenvalue weighted by Gasteiger charge is 2.07. The van der Waals surface area contributed by atoms with Gasteiger partial charge in [-0.1, -0.05) is 6.07 Å². The fraction of sp³-hybridized carbons (Fsp3) is 0.200. The standard InChI is InChI=1S/C15H17FN2O/c1-10(2)19-14-5-3-4-13(15(14)17)18-12-8-6-11(16)7-9-12/h3-10,18H,17H2,1-2H3. The Labute approximate surface area is 112 Å². The van der Waals surface area contributed by atoms with Crippen molar-refractivity contribution in [1.82, 2.24) is 0 Å². The number of anilines is 3. The Morgan fingerprint density at radius 3 is 2.42 bits per heavy atom. The van der Waals surface area contributed by atoms with Gasteiger partial charge in [-0.25, -0.2) is 4.39 Å². The van der Waals surface area contributed by atoms with Crippen molar-refractivity contribution in [2.45, 2.75) is 20.0 Å². The molecule has 0 saturated heterocycles. The van der Waals surface area contributed by atoms with E-state index >= 15 is 0 Å². The van der Waals surface area contributed by atoms with Crippen molar-refractivity contribution in [1.29, 1.82) is 0 Å². The molecule has 3 N–H and O–H groups in total. The Morgan fingerprint density at radius 1 is 1.11 bits per heavy atom. The van der Waals surface area contributed by atoms with E-state index < -0.39 is 0 Å². The van der Waals surface area contributed by atoms with Crippen LogP contribution >= 0.6 is 0 Å². The van der Waals surface area contributed by atoms with Crippen LogP contribution in [0.2, 0.25) is 0 Å².